The number of amides is 1. The van der Waals surface area contributed by atoms with Crippen LogP contribution in [-0.2, 0) is 9.84 Å². The fourth-order valence-corrected chi connectivity index (χ4v) is 1.97. The molecule has 0 atom stereocenters. The molecule has 7 heteroatoms. The molecule has 0 radical (unpaired) electrons. The van der Waals surface area contributed by atoms with Gasteiger partial charge in [-0.05, 0) is 28.1 Å². The van der Waals surface area contributed by atoms with Gasteiger partial charge in [0.15, 0.2) is 14.9 Å². The Morgan fingerprint density at radius 1 is 1.50 bits per heavy atom. The highest BCUT2D eigenvalue weighted by molar-refractivity contribution is 9.10. The molecule has 0 aromatic carbocycles. The van der Waals surface area contributed by atoms with Gasteiger partial charge >= 0.3 is 0 Å². The molecule has 0 spiro atoms. The van der Waals surface area contributed by atoms with Gasteiger partial charge in [0, 0.05) is 11.8 Å². The lowest BCUT2D eigenvalue weighted by Gasteiger charge is -2.01. The summed E-state index contributed by atoms with van der Waals surface area (Å²) in [7, 11) is -3.43. The topological polar surface area (TPSA) is 90.1 Å². The van der Waals surface area contributed by atoms with E-state index >= 15 is 0 Å². The van der Waals surface area contributed by atoms with Crippen LogP contribution in [0.15, 0.2) is 21.8 Å². The summed E-state index contributed by atoms with van der Waals surface area (Å²) in [5, 5.41) is -0.180. The second-order valence-corrected chi connectivity index (χ2v) is 5.43. The van der Waals surface area contributed by atoms with Gasteiger partial charge in [0.1, 0.15) is 4.60 Å². The Morgan fingerprint density at radius 2 is 2.07 bits per heavy atom. The summed E-state index contributed by atoms with van der Waals surface area (Å²) in [5.41, 5.74) is 5.12. The van der Waals surface area contributed by atoms with Crippen LogP contribution < -0.4 is 5.73 Å². The van der Waals surface area contributed by atoms with E-state index in [9.17, 15) is 13.2 Å². The average molecular weight is 279 g/mol. The maximum Gasteiger partial charge on any atom is 0.248 e. The van der Waals surface area contributed by atoms with Crippen LogP contribution in [0.25, 0.3) is 0 Å². The van der Waals surface area contributed by atoms with Crippen molar-refractivity contribution in [3.8, 4) is 0 Å². The normalized spacial score (nSPS) is 11.3. The lowest BCUT2D eigenvalue weighted by Crippen LogP contribution is -2.13. The molecule has 1 heterocycles. The zero-order valence-corrected chi connectivity index (χ0v) is 9.59. The number of nitrogens with zero attached hydrogens (tertiary/aromatic N) is 1. The first kappa shape index (κ1) is 11.1. The SMILES string of the molecule is CS(=O)(=O)c1cc(C(N)=O)cc(Br)n1. The maximum atomic E-state index is 11.1. The quantitative estimate of drug-likeness (QED) is 0.791. The fourth-order valence-electron chi connectivity index (χ4n) is 0.805. The van der Waals surface area contributed by atoms with Crippen molar-refractivity contribution in [3.63, 3.8) is 0 Å². The molecule has 0 fully saturated rings. The van der Waals surface area contributed by atoms with Gasteiger partial charge in [0.25, 0.3) is 0 Å². The summed E-state index contributed by atoms with van der Waals surface area (Å²) in [4.78, 5) is 14.5. The summed E-state index contributed by atoms with van der Waals surface area (Å²) in [6, 6.07) is 2.50. The fraction of sp³-hybridized carbons (Fsp3) is 0.143. The van der Waals surface area contributed by atoms with Gasteiger partial charge in [-0.15, -0.1) is 0 Å². The van der Waals surface area contributed by atoms with Crippen LogP contribution in [0.3, 0.4) is 0 Å². The van der Waals surface area contributed by atoms with Gasteiger partial charge in [0.2, 0.25) is 5.91 Å². The number of sulfone groups is 1. The lowest BCUT2D eigenvalue weighted by atomic mass is 10.3. The Balaban J connectivity index is 3.43. The molecular weight excluding hydrogens is 272 g/mol. The van der Waals surface area contributed by atoms with Gasteiger partial charge in [-0.3, -0.25) is 4.79 Å². The molecular formula is C7H7BrN2O3S. The third-order valence-corrected chi connectivity index (χ3v) is 2.81. The molecule has 1 aromatic rings. The molecule has 5 nitrogen and oxygen atoms in total. The number of aromatic nitrogens is 1. The van der Waals surface area contributed by atoms with Crippen molar-refractivity contribution in [2.24, 2.45) is 5.73 Å². The first-order valence-electron chi connectivity index (χ1n) is 3.48. The van der Waals surface area contributed by atoms with Crippen LogP contribution in [0.4, 0.5) is 0 Å². The Bertz CT molecular complexity index is 484. The van der Waals surface area contributed by atoms with E-state index in [0.717, 1.165) is 12.3 Å². The number of halogens is 1. The molecule has 0 aliphatic rings. The van der Waals surface area contributed by atoms with Crippen molar-refractivity contribution >= 4 is 31.7 Å². The van der Waals surface area contributed by atoms with Gasteiger partial charge < -0.3 is 5.73 Å². The van der Waals surface area contributed by atoms with Crippen molar-refractivity contribution in [1.29, 1.82) is 0 Å². The zero-order valence-electron chi connectivity index (χ0n) is 7.19. The molecule has 1 amide bonds. The number of carbonyl (C=O) groups excluding carboxylic acids is 1. The highest BCUT2D eigenvalue weighted by Gasteiger charge is 2.13. The predicted octanol–water partition coefficient (Wildman–Crippen LogP) is 0.347. The van der Waals surface area contributed by atoms with Crippen LogP contribution in [0.5, 0.6) is 0 Å². The van der Waals surface area contributed by atoms with Crippen LogP contribution in [0.2, 0.25) is 0 Å². The third kappa shape index (κ3) is 2.52. The zero-order chi connectivity index (χ0) is 10.9. The molecule has 76 valence electrons. The van der Waals surface area contributed by atoms with Crippen LogP contribution >= 0.6 is 15.9 Å². The predicted molar refractivity (Wildman–Crippen MR) is 53.6 cm³/mol. The molecule has 2 N–H and O–H groups in total. The van der Waals surface area contributed by atoms with E-state index in [0.29, 0.717) is 0 Å². The number of nitrogens with two attached hydrogens (primary N) is 1. The molecule has 0 saturated carbocycles. The molecule has 0 saturated heterocycles. The highest BCUT2D eigenvalue weighted by Crippen LogP contribution is 2.14. The first-order chi connectivity index (χ1) is 6.30. The van der Waals surface area contributed by atoms with Crippen molar-refractivity contribution in [3.05, 3.63) is 22.3 Å². The molecule has 0 aliphatic heterocycles. The number of carbonyl (C=O) groups is 1. The van der Waals surface area contributed by atoms with E-state index in [1.165, 1.54) is 6.07 Å². The van der Waals surface area contributed by atoms with E-state index in [1.54, 1.807) is 0 Å². The molecule has 1 aromatic heterocycles. The smallest absolute Gasteiger partial charge is 0.248 e. The Labute approximate surface area is 89.4 Å². The Morgan fingerprint density at radius 3 is 2.50 bits per heavy atom. The van der Waals surface area contributed by atoms with Crippen molar-refractivity contribution in [2.45, 2.75) is 5.03 Å². The second-order valence-electron chi connectivity index (χ2n) is 2.65. The number of pyridine rings is 1. The van der Waals surface area contributed by atoms with Crippen molar-refractivity contribution in [2.75, 3.05) is 6.26 Å². The summed E-state index contributed by atoms with van der Waals surface area (Å²) < 4.78 is 22.5. The second kappa shape index (κ2) is 3.66. The summed E-state index contributed by atoms with van der Waals surface area (Å²) in [6.07, 6.45) is 1.01. The standard InChI is InChI=1S/C7H7BrN2O3S/c1-14(12,13)6-3-4(7(9)11)2-5(8)10-6/h2-3H,1H3,(H2,9,11). The van der Waals surface area contributed by atoms with Crippen molar-refractivity contribution < 1.29 is 13.2 Å². The van der Waals surface area contributed by atoms with Gasteiger partial charge in [0.05, 0.1) is 0 Å². The maximum absolute atomic E-state index is 11.1. The molecule has 0 unspecified atom stereocenters. The number of primary amides is 1. The van der Waals surface area contributed by atoms with Crippen LogP contribution in [0, 0.1) is 0 Å². The van der Waals surface area contributed by atoms with E-state index in [4.69, 9.17) is 5.73 Å². The molecule has 0 aliphatic carbocycles. The van der Waals surface area contributed by atoms with Crippen LogP contribution in [-0.4, -0.2) is 25.6 Å². The highest BCUT2D eigenvalue weighted by atomic mass is 79.9. The number of hydrogen-bond acceptors (Lipinski definition) is 4. The molecule has 14 heavy (non-hydrogen) atoms. The molecule has 1 rings (SSSR count). The Hall–Kier alpha value is -0.950. The summed E-state index contributed by atoms with van der Waals surface area (Å²) in [6.45, 7) is 0. The minimum absolute atomic E-state index is 0.104. The minimum atomic E-state index is -3.43. The minimum Gasteiger partial charge on any atom is -0.366 e. The first-order valence-corrected chi connectivity index (χ1v) is 6.16. The monoisotopic (exact) mass is 278 g/mol. The Kier molecular flexibility index (Phi) is 2.91. The lowest BCUT2D eigenvalue weighted by molar-refractivity contribution is 0.1000. The van der Waals surface area contributed by atoms with Crippen LogP contribution in [0.1, 0.15) is 10.4 Å². The number of rotatable bonds is 2. The van der Waals surface area contributed by atoms with Gasteiger partial charge in [-0.1, -0.05) is 0 Å². The average Bonchev–Trinajstić information content (AvgIpc) is 2.01. The molecule has 0 bridgehead atoms. The largest absolute Gasteiger partial charge is 0.366 e. The van der Waals surface area contributed by atoms with Gasteiger partial charge in [-0.25, -0.2) is 13.4 Å². The van der Waals surface area contributed by atoms with E-state index in [1.807, 2.05) is 0 Å². The summed E-state index contributed by atoms with van der Waals surface area (Å²) >= 11 is 2.99. The van der Waals surface area contributed by atoms with E-state index in [-0.39, 0.29) is 15.2 Å². The van der Waals surface area contributed by atoms with E-state index in [2.05, 4.69) is 20.9 Å². The summed E-state index contributed by atoms with van der Waals surface area (Å²) in [5.74, 6) is -0.696. The third-order valence-electron chi connectivity index (χ3n) is 1.44. The van der Waals surface area contributed by atoms with E-state index < -0.39 is 15.7 Å². The van der Waals surface area contributed by atoms with Gasteiger partial charge in [-0.2, -0.15) is 0 Å². The van der Waals surface area contributed by atoms with Crippen molar-refractivity contribution in [1.82, 2.24) is 4.98 Å². The number of hydrogen-bond donors (Lipinski definition) is 1.